The third-order valence-electron chi connectivity index (χ3n) is 5.05. The number of nitrogens with one attached hydrogen (secondary N) is 1. The predicted molar refractivity (Wildman–Crippen MR) is 102 cm³/mol. The molecule has 6 heteroatoms. The average molecular weight is 356 g/mol. The molecule has 0 aliphatic carbocycles. The zero-order chi connectivity index (χ0) is 18.5. The summed E-state index contributed by atoms with van der Waals surface area (Å²) in [6.45, 7) is 8.68. The molecule has 26 heavy (non-hydrogen) atoms. The lowest BCUT2D eigenvalue weighted by Gasteiger charge is -2.26. The first kappa shape index (κ1) is 18.6. The molecular weight excluding hydrogens is 328 g/mol. The molecule has 1 saturated heterocycles. The van der Waals surface area contributed by atoms with Gasteiger partial charge in [0.2, 0.25) is 5.91 Å². The van der Waals surface area contributed by atoms with E-state index in [4.69, 9.17) is 4.74 Å². The Morgan fingerprint density at radius 3 is 2.50 bits per heavy atom. The lowest BCUT2D eigenvalue weighted by Crippen LogP contribution is -2.37. The van der Waals surface area contributed by atoms with Gasteiger partial charge in [-0.2, -0.15) is 5.10 Å². The predicted octanol–water partition coefficient (Wildman–Crippen LogP) is 2.09. The van der Waals surface area contributed by atoms with Crippen LogP contribution in [0.15, 0.2) is 24.3 Å². The van der Waals surface area contributed by atoms with Gasteiger partial charge in [-0.05, 0) is 38.0 Å². The van der Waals surface area contributed by atoms with E-state index < -0.39 is 0 Å². The molecule has 1 aromatic carbocycles. The van der Waals surface area contributed by atoms with E-state index >= 15 is 0 Å². The highest BCUT2D eigenvalue weighted by Crippen LogP contribution is 2.15. The van der Waals surface area contributed by atoms with Gasteiger partial charge in [0.25, 0.3) is 0 Å². The number of nitrogens with zero attached hydrogens (tertiary/aromatic N) is 3. The molecule has 2 heterocycles. The molecule has 0 saturated carbocycles. The molecule has 140 valence electrons. The lowest BCUT2D eigenvalue weighted by molar-refractivity contribution is -0.115. The maximum absolute atomic E-state index is 12.3. The number of anilines is 1. The van der Waals surface area contributed by atoms with Gasteiger partial charge in [-0.25, -0.2) is 0 Å². The van der Waals surface area contributed by atoms with Gasteiger partial charge in [0, 0.05) is 43.6 Å². The summed E-state index contributed by atoms with van der Waals surface area (Å²) in [5, 5.41) is 7.35. The minimum atomic E-state index is -0.00901. The summed E-state index contributed by atoms with van der Waals surface area (Å²) in [6.07, 6.45) is 1.37. The minimum absolute atomic E-state index is 0.00901. The van der Waals surface area contributed by atoms with Crippen LogP contribution in [0.1, 0.15) is 22.5 Å². The smallest absolute Gasteiger partial charge is 0.228 e. The van der Waals surface area contributed by atoms with Crippen molar-refractivity contribution in [3.8, 4) is 0 Å². The van der Waals surface area contributed by atoms with E-state index in [0.717, 1.165) is 61.9 Å². The molecule has 1 amide bonds. The molecule has 0 bridgehead atoms. The molecule has 1 fully saturated rings. The van der Waals surface area contributed by atoms with E-state index in [2.05, 4.69) is 27.4 Å². The summed E-state index contributed by atoms with van der Waals surface area (Å²) < 4.78 is 7.20. The van der Waals surface area contributed by atoms with E-state index in [9.17, 15) is 4.79 Å². The zero-order valence-electron chi connectivity index (χ0n) is 15.9. The topological polar surface area (TPSA) is 59.4 Å². The first-order chi connectivity index (χ1) is 12.5. The molecule has 6 nitrogen and oxygen atoms in total. The van der Waals surface area contributed by atoms with Gasteiger partial charge in [-0.15, -0.1) is 0 Å². The molecule has 1 aliphatic rings. The average Bonchev–Trinajstić information content (AvgIpc) is 2.88. The number of carbonyl (C=O) groups is 1. The highest BCUT2D eigenvalue weighted by molar-refractivity contribution is 5.92. The van der Waals surface area contributed by atoms with Gasteiger partial charge in [0.1, 0.15) is 0 Å². The largest absolute Gasteiger partial charge is 0.379 e. The van der Waals surface area contributed by atoms with Crippen LogP contribution in [0.25, 0.3) is 0 Å². The maximum atomic E-state index is 12.3. The second-order valence-electron chi connectivity index (χ2n) is 6.90. The van der Waals surface area contributed by atoms with Crippen molar-refractivity contribution in [2.45, 2.75) is 26.7 Å². The quantitative estimate of drug-likeness (QED) is 0.861. The van der Waals surface area contributed by atoms with E-state index in [1.807, 2.05) is 37.7 Å². The number of rotatable bonds is 6. The van der Waals surface area contributed by atoms with Crippen molar-refractivity contribution in [2.24, 2.45) is 7.05 Å². The fourth-order valence-electron chi connectivity index (χ4n) is 3.31. The molecule has 2 aromatic rings. The SMILES string of the molecule is Cc1nn(C)c(C)c1CC(=O)Nc1ccc(CCN2CCOCC2)cc1. The number of aryl methyl sites for hydroxylation is 2. The third kappa shape index (κ3) is 4.71. The molecule has 1 aliphatic heterocycles. The zero-order valence-corrected chi connectivity index (χ0v) is 15.9. The molecule has 0 unspecified atom stereocenters. The van der Waals surface area contributed by atoms with Crippen molar-refractivity contribution in [3.05, 3.63) is 46.8 Å². The maximum Gasteiger partial charge on any atom is 0.228 e. The summed E-state index contributed by atoms with van der Waals surface area (Å²) in [6, 6.07) is 8.15. The molecule has 1 N–H and O–H groups in total. The third-order valence-corrected chi connectivity index (χ3v) is 5.05. The summed E-state index contributed by atoms with van der Waals surface area (Å²) in [5.41, 5.74) is 5.08. The Hall–Kier alpha value is -2.18. The van der Waals surface area contributed by atoms with Crippen molar-refractivity contribution in [1.82, 2.24) is 14.7 Å². The number of aromatic nitrogens is 2. The van der Waals surface area contributed by atoms with Crippen LogP contribution in [0.4, 0.5) is 5.69 Å². The van der Waals surface area contributed by atoms with Gasteiger partial charge in [0.05, 0.1) is 25.3 Å². The number of hydrogen-bond acceptors (Lipinski definition) is 4. The number of carbonyl (C=O) groups excluding carboxylic acids is 1. The number of hydrogen-bond donors (Lipinski definition) is 1. The van der Waals surface area contributed by atoms with Crippen LogP contribution in [0, 0.1) is 13.8 Å². The van der Waals surface area contributed by atoms with E-state index in [1.165, 1.54) is 5.56 Å². The highest BCUT2D eigenvalue weighted by Gasteiger charge is 2.14. The Balaban J connectivity index is 1.51. The summed E-state index contributed by atoms with van der Waals surface area (Å²) in [5.74, 6) is -0.00901. The second-order valence-corrected chi connectivity index (χ2v) is 6.90. The number of amides is 1. The number of morpholine rings is 1. The Morgan fingerprint density at radius 1 is 1.19 bits per heavy atom. The monoisotopic (exact) mass is 356 g/mol. The molecule has 1 aromatic heterocycles. The van der Waals surface area contributed by atoms with Gasteiger partial charge in [-0.1, -0.05) is 12.1 Å². The Kier molecular flexibility index (Phi) is 6.06. The summed E-state index contributed by atoms with van der Waals surface area (Å²) in [7, 11) is 1.90. The second kappa shape index (κ2) is 8.47. The minimum Gasteiger partial charge on any atom is -0.379 e. The van der Waals surface area contributed by atoms with Crippen LogP contribution in [-0.2, 0) is 29.4 Å². The first-order valence-corrected chi connectivity index (χ1v) is 9.21. The number of benzene rings is 1. The summed E-state index contributed by atoms with van der Waals surface area (Å²) >= 11 is 0. The van der Waals surface area contributed by atoms with Gasteiger partial charge in [0.15, 0.2) is 0 Å². The number of ether oxygens (including phenoxy) is 1. The Bertz CT molecular complexity index is 746. The van der Waals surface area contributed by atoms with Crippen molar-refractivity contribution < 1.29 is 9.53 Å². The first-order valence-electron chi connectivity index (χ1n) is 9.21. The van der Waals surface area contributed by atoms with Gasteiger partial charge in [-0.3, -0.25) is 14.4 Å². The molecular formula is C20H28N4O2. The molecule has 0 radical (unpaired) electrons. The normalized spacial score (nSPS) is 15.2. The van der Waals surface area contributed by atoms with E-state index in [1.54, 1.807) is 0 Å². The molecule has 0 atom stereocenters. The summed E-state index contributed by atoms with van der Waals surface area (Å²) in [4.78, 5) is 14.8. The molecule has 3 rings (SSSR count). The van der Waals surface area contributed by atoms with Gasteiger partial charge >= 0.3 is 0 Å². The van der Waals surface area contributed by atoms with Crippen molar-refractivity contribution in [1.29, 1.82) is 0 Å². The van der Waals surface area contributed by atoms with Crippen LogP contribution >= 0.6 is 0 Å². The van der Waals surface area contributed by atoms with Crippen LogP contribution in [0.3, 0.4) is 0 Å². The fourth-order valence-corrected chi connectivity index (χ4v) is 3.31. The van der Waals surface area contributed by atoms with Crippen molar-refractivity contribution >= 4 is 11.6 Å². The van der Waals surface area contributed by atoms with E-state index in [0.29, 0.717) is 6.42 Å². The van der Waals surface area contributed by atoms with Crippen LogP contribution in [0.5, 0.6) is 0 Å². The molecule has 0 spiro atoms. The van der Waals surface area contributed by atoms with Crippen LogP contribution in [-0.4, -0.2) is 53.4 Å². The van der Waals surface area contributed by atoms with Crippen LogP contribution in [0.2, 0.25) is 0 Å². The Morgan fingerprint density at radius 2 is 1.88 bits per heavy atom. The lowest BCUT2D eigenvalue weighted by atomic mass is 10.1. The van der Waals surface area contributed by atoms with Crippen molar-refractivity contribution in [3.63, 3.8) is 0 Å². The highest BCUT2D eigenvalue weighted by atomic mass is 16.5. The van der Waals surface area contributed by atoms with Crippen LogP contribution < -0.4 is 5.32 Å². The standard InChI is InChI=1S/C20H28N4O2/c1-15-19(16(2)23(3)22-15)14-20(25)21-18-6-4-17(5-7-18)8-9-24-10-12-26-13-11-24/h4-7H,8-14H2,1-3H3,(H,21,25). The fraction of sp³-hybridized carbons (Fsp3) is 0.500. The Labute approximate surface area is 155 Å². The van der Waals surface area contributed by atoms with Crippen molar-refractivity contribution in [2.75, 3.05) is 38.2 Å². The van der Waals surface area contributed by atoms with E-state index in [-0.39, 0.29) is 5.91 Å². The van der Waals surface area contributed by atoms with Gasteiger partial charge < -0.3 is 10.1 Å².